The van der Waals surface area contributed by atoms with E-state index in [1.807, 2.05) is 35.7 Å². The van der Waals surface area contributed by atoms with E-state index >= 15 is 0 Å². The molecule has 0 radical (unpaired) electrons. The van der Waals surface area contributed by atoms with Crippen molar-refractivity contribution in [1.82, 2.24) is 9.88 Å². The third kappa shape index (κ3) is 3.19. The second kappa shape index (κ2) is 7.13. The van der Waals surface area contributed by atoms with Gasteiger partial charge < -0.3 is 4.90 Å². The summed E-state index contributed by atoms with van der Waals surface area (Å²) in [6.45, 7) is 6.23. The number of hydrogen-bond donors (Lipinski definition) is 0. The van der Waals surface area contributed by atoms with E-state index in [4.69, 9.17) is 0 Å². The van der Waals surface area contributed by atoms with Crippen LogP contribution in [0.2, 0.25) is 0 Å². The second-order valence-corrected chi connectivity index (χ2v) is 9.22. The Morgan fingerprint density at radius 1 is 1.44 bits per heavy atom. The minimum Gasteiger partial charge on any atom is -0.315 e. The van der Waals surface area contributed by atoms with Gasteiger partial charge >= 0.3 is 0 Å². The molecule has 2 atom stereocenters. The zero-order chi connectivity index (χ0) is 19.0. The lowest BCUT2D eigenvalue weighted by atomic mass is 10.2. The number of rotatable bonds is 5. The van der Waals surface area contributed by atoms with Crippen molar-refractivity contribution in [3.05, 3.63) is 48.4 Å². The van der Waals surface area contributed by atoms with Crippen molar-refractivity contribution < 1.29 is 9.59 Å². The summed E-state index contributed by atoms with van der Waals surface area (Å²) in [5.41, 5.74) is 1.87. The summed E-state index contributed by atoms with van der Waals surface area (Å²) in [4.78, 5) is 33.6. The van der Waals surface area contributed by atoms with E-state index < -0.39 is 6.04 Å². The van der Waals surface area contributed by atoms with Gasteiger partial charge in [-0.25, -0.2) is 4.98 Å². The van der Waals surface area contributed by atoms with Crippen LogP contribution in [0.15, 0.2) is 48.4 Å². The fourth-order valence-electron chi connectivity index (χ4n) is 3.70. The van der Waals surface area contributed by atoms with E-state index in [0.29, 0.717) is 23.8 Å². The maximum atomic E-state index is 13.3. The van der Waals surface area contributed by atoms with Crippen LogP contribution in [-0.2, 0) is 9.59 Å². The largest absolute Gasteiger partial charge is 0.315 e. The van der Waals surface area contributed by atoms with E-state index in [1.54, 1.807) is 27.6 Å². The molecule has 0 saturated carbocycles. The van der Waals surface area contributed by atoms with E-state index in [1.165, 1.54) is 11.3 Å². The summed E-state index contributed by atoms with van der Waals surface area (Å²) in [6, 6.07) is 9.47. The van der Waals surface area contributed by atoms with E-state index in [9.17, 15) is 9.59 Å². The van der Waals surface area contributed by atoms with Crippen molar-refractivity contribution >= 4 is 40.0 Å². The fraction of sp³-hybridized carbons (Fsp3) is 0.350. The van der Waals surface area contributed by atoms with E-state index in [-0.39, 0.29) is 16.7 Å². The maximum Gasteiger partial charge on any atom is 0.252 e. The first kappa shape index (κ1) is 18.3. The van der Waals surface area contributed by atoms with Crippen molar-refractivity contribution in [3.8, 4) is 11.3 Å². The van der Waals surface area contributed by atoms with Gasteiger partial charge in [0.15, 0.2) is 5.13 Å². The highest BCUT2D eigenvalue weighted by Crippen LogP contribution is 2.47. The number of aromatic nitrogens is 1. The van der Waals surface area contributed by atoms with Crippen molar-refractivity contribution in [2.75, 3.05) is 17.2 Å². The third-order valence-electron chi connectivity index (χ3n) is 5.10. The number of thioether (sulfide) groups is 1. The maximum absolute atomic E-state index is 13.3. The Labute approximate surface area is 167 Å². The molecule has 2 saturated heterocycles. The van der Waals surface area contributed by atoms with E-state index in [0.717, 1.165) is 17.7 Å². The predicted octanol–water partition coefficient (Wildman–Crippen LogP) is 3.78. The molecular weight excluding hydrogens is 378 g/mol. The molecule has 0 N–H and O–H groups in total. The normalized spacial score (nSPS) is 24.1. The van der Waals surface area contributed by atoms with Crippen LogP contribution < -0.4 is 4.90 Å². The Bertz CT molecular complexity index is 882. The molecule has 5 nitrogen and oxygen atoms in total. The molecule has 27 heavy (non-hydrogen) atoms. The van der Waals surface area contributed by atoms with Crippen LogP contribution in [0.5, 0.6) is 0 Å². The summed E-state index contributed by atoms with van der Waals surface area (Å²) in [5, 5.41) is 2.60. The van der Waals surface area contributed by atoms with Crippen molar-refractivity contribution in [1.29, 1.82) is 0 Å². The first-order valence-electron chi connectivity index (χ1n) is 8.93. The minimum atomic E-state index is -0.431. The number of carbonyl (C=O) groups excluding carboxylic acids is 2. The molecule has 0 unspecified atom stereocenters. The molecule has 2 aliphatic rings. The molecule has 1 aromatic carbocycles. The lowest BCUT2D eigenvalue weighted by Gasteiger charge is -2.32. The SMILES string of the molecule is C=CCN(C(=O)[C@@H]1CS[C@]2(C)CCC(=O)N12)c1nc(-c2ccccc2)cs1. The van der Waals surface area contributed by atoms with Gasteiger partial charge in [-0.15, -0.1) is 29.7 Å². The number of hydrogen-bond acceptors (Lipinski definition) is 5. The topological polar surface area (TPSA) is 53.5 Å². The Hall–Kier alpha value is -2.12. The zero-order valence-electron chi connectivity index (χ0n) is 15.1. The van der Waals surface area contributed by atoms with Crippen LogP contribution in [0.4, 0.5) is 5.13 Å². The van der Waals surface area contributed by atoms with Gasteiger partial charge in [0.2, 0.25) is 5.91 Å². The molecule has 0 aliphatic carbocycles. The Balaban J connectivity index is 1.62. The summed E-state index contributed by atoms with van der Waals surface area (Å²) in [5.74, 6) is 0.630. The molecule has 4 rings (SSSR count). The van der Waals surface area contributed by atoms with Gasteiger partial charge in [-0.05, 0) is 13.3 Å². The molecule has 2 aromatic rings. The standard InChI is InChI=1S/C20H21N3O2S2/c1-3-11-22(19-21-15(12-26-19)14-7-5-4-6-8-14)18(25)16-13-27-20(2)10-9-17(24)23(16)20/h3-8,12,16H,1,9-11,13H2,2H3/t16-,20+/m0/s1. The summed E-state index contributed by atoms with van der Waals surface area (Å²) in [7, 11) is 0. The molecule has 2 aliphatic heterocycles. The Kier molecular flexibility index (Phi) is 4.82. The van der Waals surface area contributed by atoms with Crippen LogP contribution in [0.25, 0.3) is 11.3 Å². The van der Waals surface area contributed by atoms with Gasteiger partial charge in [-0.1, -0.05) is 36.4 Å². The molecule has 0 bridgehead atoms. The van der Waals surface area contributed by atoms with Gasteiger partial charge in [0, 0.05) is 29.7 Å². The van der Waals surface area contributed by atoms with Gasteiger partial charge in [-0.2, -0.15) is 0 Å². The van der Waals surface area contributed by atoms with Gasteiger partial charge in [0.05, 0.1) is 10.6 Å². The van der Waals surface area contributed by atoms with Crippen molar-refractivity contribution in [2.45, 2.75) is 30.7 Å². The zero-order valence-corrected chi connectivity index (χ0v) is 16.8. The summed E-state index contributed by atoms with van der Waals surface area (Å²) in [6.07, 6.45) is 3.02. The first-order chi connectivity index (χ1) is 13.0. The first-order valence-corrected chi connectivity index (χ1v) is 10.8. The monoisotopic (exact) mass is 399 g/mol. The van der Waals surface area contributed by atoms with Crippen LogP contribution >= 0.6 is 23.1 Å². The number of carbonyl (C=O) groups is 2. The summed E-state index contributed by atoms with van der Waals surface area (Å²) < 4.78 is 0. The van der Waals surface area contributed by atoms with Crippen LogP contribution in [0.1, 0.15) is 19.8 Å². The molecule has 1 aromatic heterocycles. The smallest absolute Gasteiger partial charge is 0.252 e. The van der Waals surface area contributed by atoms with Gasteiger partial charge in [0.25, 0.3) is 5.91 Å². The molecule has 0 spiro atoms. The van der Waals surface area contributed by atoms with Crippen molar-refractivity contribution in [3.63, 3.8) is 0 Å². The highest BCUT2D eigenvalue weighted by atomic mass is 32.2. The summed E-state index contributed by atoms with van der Waals surface area (Å²) >= 11 is 3.14. The minimum absolute atomic E-state index is 0.0727. The number of benzene rings is 1. The second-order valence-electron chi connectivity index (χ2n) is 6.88. The van der Waals surface area contributed by atoms with Crippen LogP contribution in [0.3, 0.4) is 0 Å². The predicted molar refractivity (Wildman–Crippen MR) is 111 cm³/mol. The van der Waals surface area contributed by atoms with Crippen molar-refractivity contribution in [2.24, 2.45) is 0 Å². The average Bonchev–Trinajstić information content (AvgIpc) is 3.36. The highest BCUT2D eigenvalue weighted by Gasteiger charge is 2.53. The van der Waals surface area contributed by atoms with Crippen LogP contribution in [0, 0.1) is 0 Å². The van der Waals surface area contributed by atoms with Gasteiger partial charge in [0.1, 0.15) is 6.04 Å². The van der Waals surface area contributed by atoms with Gasteiger partial charge in [-0.3, -0.25) is 14.5 Å². The number of thiazole rings is 1. The molecule has 2 fully saturated rings. The molecule has 2 amide bonds. The third-order valence-corrected chi connectivity index (χ3v) is 7.47. The number of fused-ring (bicyclic) bond motifs is 1. The molecule has 140 valence electrons. The number of anilines is 1. The van der Waals surface area contributed by atoms with E-state index in [2.05, 4.69) is 18.5 Å². The molecule has 7 heteroatoms. The lowest BCUT2D eigenvalue weighted by molar-refractivity contribution is -0.136. The molecular formula is C20H21N3O2S2. The lowest BCUT2D eigenvalue weighted by Crippen LogP contribution is -2.51. The number of nitrogens with zero attached hydrogens (tertiary/aromatic N) is 3. The Morgan fingerprint density at radius 2 is 2.22 bits per heavy atom. The fourth-order valence-corrected chi connectivity index (χ4v) is 5.98. The quantitative estimate of drug-likeness (QED) is 0.718. The highest BCUT2D eigenvalue weighted by molar-refractivity contribution is 8.01. The van der Waals surface area contributed by atoms with Crippen LogP contribution in [-0.4, -0.2) is 44.9 Å². The number of amides is 2. The Morgan fingerprint density at radius 3 is 2.96 bits per heavy atom. The average molecular weight is 400 g/mol. The molecule has 3 heterocycles.